The average Bonchev–Trinajstić information content (AvgIpc) is 2.06. The smallest absolute Gasteiger partial charge is 0.183 e. The molecule has 0 aromatic heterocycles. The van der Waals surface area contributed by atoms with E-state index in [1.165, 1.54) is 5.56 Å². The van der Waals surface area contributed by atoms with Crippen LogP contribution in [0, 0.1) is 0 Å². The van der Waals surface area contributed by atoms with Crippen molar-refractivity contribution >= 4 is 19.9 Å². The molecule has 1 rings (SSSR count). The molecule has 78 valence electrons. The van der Waals surface area contributed by atoms with E-state index in [1.54, 1.807) is 0 Å². The minimum atomic E-state index is -1.35. The molecule has 14 heavy (non-hydrogen) atoms. The first-order valence-electron chi connectivity index (χ1n) is 4.86. The molecule has 0 saturated heterocycles. The molecule has 0 fully saturated rings. The molecule has 1 aromatic rings. The normalized spacial score (nSPS) is 11.7. The third-order valence-electron chi connectivity index (χ3n) is 1.84. The minimum Gasteiger partial charge on any atom is -0.417 e. The molecule has 0 amide bonds. The summed E-state index contributed by atoms with van der Waals surface area (Å²) in [7, 11) is -1.35. The molecule has 0 N–H and O–H groups in total. The summed E-state index contributed by atoms with van der Waals surface area (Å²) in [6.45, 7) is 7.43. The maximum Gasteiger partial charge on any atom is 0.183 e. The molecule has 0 saturated carbocycles. The maximum atomic E-state index is 5.79. The van der Waals surface area contributed by atoms with E-state index in [0.29, 0.717) is 0 Å². The molecule has 0 unspecified atom stereocenters. The van der Waals surface area contributed by atoms with Crippen LogP contribution in [0.2, 0.25) is 24.7 Å². The number of benzene rings is 1. The van der Waals surface area contributed by atoms with E-state index in [4.69, 9.17) is 16.0 Å². The molecule has 0 radical (unpaired) electrons. The quantitative estimate of drug-likeness (QED) is 0.714. The molecular formula is C11H17ClOSi. The monoisotopic (exact) mass is 228 g/mol. The highest BCUT2D eigenvalue weighted by Crippen LogP contribution is 2.11. The predicted octanol–water partition coefficient (Wildman–Crippen LogP) is 3.73. The fourth-order valence-corrected chi connectivity index (χ4v) is 1.97. The highest BCUT2D eigenvalue weighted by Gasteiger charge is 2.13. The Bertz CT molecular complexity index is 276. The number of halogens is 1. The van der Waals surface area contributed by atoms with Crippen LogP contribution in [0.25, 0.3) is 0 Å². The summed E-state index contributed by atoms with van der Waals surface area (Å²) < 4.78 is 5.77. The van der Waals surface area contributed by atoms with Crippen molar-refractivity contribution < 1.29 is 4.43 Å². The Labute approximate surface area is 92.2 Å². The van der Waals surface area contributed by atoms with Crippen LogP contribution in [-0.2, 0) is 10.8 Å². The van der Waals surface area contributed by atoms with E-state index >= 15 is 0 Å². The van der Waals surface area contributed by atoms with Gasteiger partial charge in [0.1, 0.15) is 0 Å². The van der Waals surface area contributed by atoms with Crippen LogP contribution >= 0.6 is 11.6 Å². The highest BCUT2D eigenvalue weighted by molar-refractivity contribution is 6.69. The molecule has 0 heterocycles. The van der Waals surface area contributed by atoms with Gasteiger partial charge in [0.2, 0.25) is 0 Å². The molecule has 0 aliphatic heterocycles. The van der Waals surface area contributed by atoms with Crippen molar-refractivity contribution in [2.75, 3.05) is 6.61 Å². The van der Waals surface area contributed by atoms with Gasteiger partial charge in [0, 0.05) is 11.6 Å². The van der Waals surface area contributed by atoms with Gasteiger partial charge in [-0.25, -0.2) is 0 Å². The Morgan fingerprint density at radius 2 is 1.71 bits per heavy atom. The summed E-state index contributed by atoms with van der Waals surface area (Å²) >= 11 is 5.79. The van der Waals surface area contributed by atoms with Gasteiger partial charge < -0.3 is 4.43 Å². The van der Waals surface area contributed by atoms with Gasteiger partial charge in [-0.05, 0) is 43.8 Å². The van der Waals surface area contributed by atoms with E-state index < -0.39 is 8.32 Å². The lowest BCUT2D eigenvalue weighted by Gasteiger charge is -2.16. The van der Waals surface area contributed by atoms with Gasteiger partial charge in [-0.2, -0.15) is 0 Å². The van der Waals surface area contributed by atoms with Crippen LogP contribution in [-0.4, -0.2) is 14.9 Å². The first-order valence-corrected chi connectivity index (χ1v) is 8.64. The van der Waals surface area contributed by atoms with E-state index in [0.717, 1.165) is 18.1 Å². The zero-order chi connectivity index (χ0) is 10.6. The molecule has 0 atom stereocenters. The average molecular weight is 229 g/mol. The van der Waals surface area contributed by atoms with E-state index in [1.807, 2.05) is 12.1 Å². The first kappa shape index (κ1) is 11.8. The summed E-state index contributed by atoms with van der Waals surface area (Å²) in [5, 5.41) is 0.792. The Morgan fingerprint density at radius 1 is 1.14 bits per heavy atom. The van der Waals surface area contributed by atoms with Crippen molar-refractivity contribution in [1.82, 2.24) is 0 Å². The standard InChI is InChI=1S/C11H17ClOSi/c1-14(2,3)13-9-8-10-4-6-11(12)7-5-10/h4-7H,8-9H2,1-3H3. The molecule has 0 aliphatic rings. The lowest BCUT2D eigenvalue weighted by Crippen LogP contribution is -2.26. The zero-order valence-electron chi connectivity index (χ0n) is 9.01. The van der Waals surface area contributed by atoms with Crippen molar-refractivity contribution in [2.45, 2.75) is 26.1 Å². The molecule has 1 nitrogen and oxygen atoms in total. The molecule has 0 bridgehead atoms. The summed E-state index contributed by atoms with van der Waals surface area (Å²) in [5.74, 6) is 0. The van der Waals surface area contributed by atoms with Crippen LogP contribution in [0.3, 0.4) is 0 Å². The number of hydrogen-bond donors (Lipinski definition) is 0. The molecule has 0 aliphatic carbocycles. The second kappa shape index (κ2) is 4.96. The topological polar surface area (TPSA) is 9.23 Å². The van der Waals surface area contributed by atoms with Gasteiger partial charge in [0.05, 0.1) is 0 Å². The second-order valence-corrected chi connectivity index (χ2v) is 9.29. The maximum absolute atomic E-state index is 5.79. The van der Waals surface area contributed by atoms with Crippen molar-refractivity contribution in [3.05, 3.63) is 34.9 Å². The summed E-state index contributed by atoms with van der Waals surface area (Å²) in [6.07, 6.45) is 0.974. The predicted molar refractivity (Wildman–Crippen MR) is 64.5 cm³/mol. The van der Waals surface area contributed by atoms with Crippen molar-refractivity contribution in [3.63, 3.8) is 0 Å². The van der Waals surface area contributed by atoms with Crippen LogP contribution < -0.4 is 0 Å². The van der Waals surface area contributed by atoms with Crippen LogP contribution in [0.15, 0.2) is 24.3 Å². The zero-order valence-corrected chi connectivity index (χ0v) is 10.8. The fraction of sp³-hybridized carbons (Fsp3) is 0.455. The highest BCUT2D eigenvalue weighted by atomic mass is 35.5. The lowest BCUT2D eigenvalue weighted by molar-refractivity contribution is 0.316. The van der Waals surface area contributed by atoms with Crippen molar-refractivity contribution in [3.8, 4) is 0 Å². The summed E-state index contributed by atoms with van der Waals surface area (Å²) in [5.41, 5.74) is 1.28. The molecule has 3 heteroatoms. The van der Waals surface area contributed by atoms with E-state index in [9.17, 15) is 0 Å². The fourth-order valence-electron chi connectivity index (χ4n) is 1.13. The Hall–Kier alpha value is -0.313. The second-order valence-electron chi connectivity index (χ2n) is 4.34. The van der Waals surface area contributed by atoms with Gasteiger partial charge in [-0.1, -0.05) is 23.7 Å². The van der Waals surface area contributed by atoms with Gasteiger partial charge >= 0.3 is 0 Å². The molecule has 1 aromatic carbocycles. The van der Waals surface area contributed by atoms with Gasteiger partial charge in [0.25, 0.3) is 0 Å². The number of hydrogen-bond acceptors (Lipinski definition) is 1. The van der Waals surface area contributed by atoms with Crippen LogP contribution in [0.1, 0.15) is 5.56 Å². The molecular weight excluding hydrogens is 212 g/mol. The van der Waals surface area contributed by atoms with E-state index in [2.05, 4.69) is 31.8 Å². The SMILES string of the molecule is C[Si](C)(C)OCCc1ccc(Cl)cc1. The number of rotatable bonds is 4. The van der Waals surface area contributed by atoms with Gasteiger partial charge in [-0.15, -0.1) is 0 Å². The van der Waals surface area contributed by atoms with Crippen molar-refractivity contribution in [2.24, 2.45) is 0 Å². The van der Waals surface area contributed by atoms with Gasteiger partial charge in [-0.3, -0.25) is 0 Å². The van der Waals surface area contributed by atoms with Crippen molar-refractivity contribution in [1.29, 1.82) is 0 Å². The Morgan fingerprint density at radius 3 is 2.21 bits per heavy atom. The summed E-state index contributed by atoms with van der Waals surface area (Å²) in [4.78, 5) is 0. The van der Waals surface area contributed by atoms with Crippen LogP contribution in [0.4, 0.5) is 0 Å². The first-order chi connectivity index (χ1) is 6.47. The van der Waals surface area contributed by atoms with E-state index in [-0.39, 0.29) is 0 Å². The summed E-state index contributed by atoms with van der Waals surface area (Å²) in [6, 6.07) is 7.95. The Kier molecular flexibility index (Phi) is 4.17. The third-order valence-corrected chi connectivity index (χ3v) is 3.16. The van der Waals surface area contributed by atoms with Crippen LogP contribution in [0.5, 0.6) is 0 Å². The minimum absolute atomic E-state index is 0.792. The Balaban J connectivity index is 2.35. The lowest BCUT2D eigenvalue weighted by atomic mass is 10.2. The van der Waals surface area contributed by atoms with Gasteiger partial charge in [0.15, 0.2) is 8.32 Å². The largest absolute Gasteiger partial charge is 0.417 e. The third kappa shape index (κ3) is 4.79. The molecule has 0 spiro atoms.